The summed E-state index contributed by atoms with van der Waals surface area (Å²) in [6, 6.07) is 7.34. The van der Waals surface area contributed by atoms with Gasteiger partial charge in [0.25, 0.3) is 0 Å². The molecular formula is C19H20ClNO4S. The molecule has 0 atom stereocenters. The zero-order valence-electron chi connectivity index (χ0n) is 14.8. The van der Waals surface area contributed by atoms with Crippen molar-refractivity contribution in [1.29, 1.82) is 0 Å². The highest BCUT2D eigenvalue weighted by Crippen LogP contribution is 2.21. The fourth-order valence-electron chi connectivity index (χ4n) is 2.63. The van der Waals surface area contributed by atoms with Crippen molar-refractivity contribution in [3.8, 4) is 0 Å². The van der Waals surface area contributed by atoms with Gasteiger partial charge in [-0.2, -0.15) is 0 Å². The predicted molar refractivity (Wildman–Crippen MR) is 102 cm³/mol. The van der Waals surface area contributed by atoms with Gasteiger partial charge in [0.1, 0.15) is 0 Å². The number of aryl methyl sites for hydroxylation is 1. The number of esters is 1. The fraction of sp³-hybridized carbons (Fsp3) is 0.316. The lowest BCUT2D eigenvalue weighted by Crippen LogP contribution is -2.15. The summed E-state index contributed by atoms with van der Waals surface area (Å²) in [5.41, 5.74) is 2.06. The number of ether oxygens (including phenoxy) is 1. The van der Waals surface area contributed by atoms with E-state index in [9.17, 15) is 14.4 Å². The molecule has 2 rings (SSSR count). The number of hydrogen-bond acceptors (Lipinski definition) is 5. The molecular weight excluding hydrogens is 374 g/mol. The maximum atomic E-state index is 12.2. The van der Waals surface area contributed by atoms with Gasteiger partial charge in [0, 0.05) is 26.9 Å². The first-order chi connectivity index (χ1) is 12.3. The number of thioether (sulfide) groups is 1. The van der Waals surface area contributed by atoms with Crippen LogP contribution >= 0.6 is 23.4 Å². The zero-order chi connectivity index (χ0) is 19.3. The van der Waals surface area contributed by atoms with Crippen LogP contribution in [-0.2, 0) is 9.53 Å². The molecule has 0 amide bonds. The maximum absolute atomic E-state index is 12.2. The Labute approximate surface area is 161 Å². The minimum absolute atomic E-state index is 0.105. The molecule has 26 heavy (non-hydrogen) atoms. The van der Waals surface area contributed by atoms with E-state index in [-0.39, 0.29) is 24.6 Å². The summed E-state index contributed by atoms with van der Waals surface area (Å²) < 4.78 is 5.05. The lowest BCUT2D eigenvalue weighted by Gasteiger charge is -2.05. The first-order valence-corrected chi connectivity index (χ1v) is 9.43. The van der Waals surface area contributed by atoms with Gasteiger partial charge in [-0.05, 0) is 50.6 Å². The van der Waals surface area contributed by atoms with Crippen molar-refractivity contribution in [2.24, 2.45) is 0 Å². The van der Waals surface area contributed by atoms with Crippen molar-refractivity contribution in [1.82, 2.24) is 4.98 Å². The first kappa shape index (κ1) is 20.3. The Hall–Kier alpha value is -2.05. The van der Waals surface area contributed by atoms with Gasteiger partial charge in [-0.15, -0.1) is 11.8 Å². The van der Waals surface area contributed by atoms with Crippen LogP contribution in [0.25, 0.3) is 0 Å². The Kier molecular flexibility index (Phi) is 7.06. The van der Waals surface area contributed by atoms with Crippen molar-refractivity contribution < 1.29 is 19.1 Å². The number of carbonyl (C=O) groups is 3. The number of nitrogens with one attached hydrogen (secondary N) is 1. The monoisotopic (exact) mass is 393 g/mol. The number of Topliss-reactive ketones (excluding diaryl/α,β-unsaturated/α-hetero) is 2. The number of halogens is 1. The maximum Gasteiger partial charge on any atom is 0.307 e. The summed E-state index contributed by atoms with van der Waals surface area (Å²) in [4.78, 5) is 39.6. The van der Waals surface area contributed by atoms with Crippen molar-refractivity contribution in [3.63, 3.8) is 0 Å². The van der Waals surface area contributed by atoms with Gasteiger partial charge in [-0.25, -0.2) is 0 Å². The van der Waals surface area contributed by atoms with Crippen LogP contribution in [0.2, 0.25) is 5.02 Å². The molecule has 0 bridgehead atoms. The van der Waals surface area contributed by atoms with Crippen molar-refractivity contribution in [2.75, 3.05) is 12.4 Å². The number of benzene rings is 1. The molecule has 138 valence electrons. The Bertz CT molecular complexity index is 827. The van der Waals surface area contributed by atoms with Crippen molar-refractivity contribution >= 4 is 40.9 Å². The van der Waals surface area contributed by atoms with Crippen LogP contribution in [0.1, 0.15) is 45.4 Å². The number of carbonyl (C=O) groups excluding carboxylic acids is 3. The van der Waals surface area contributed by atoms with Crippen LogP contribution in [0.3, 0.4) is 0 Å². The molecule has 0 aliphatic rings. The van der Waals surface area contributed by atoms with Crippen LogP contribution in [0.15, 0.2) is 29.2 Å². The van der Waals surface area contributed by atoms with Gasteiger partial charge >= 0.3 is 5.97 Å². The number of aromatic nitrogens is 1. The lowest BCUT2D eigenvalue weighted by atomic mass is 10.1. The summed E-state index contributed by atoms with van der Waals surface area (Å²) >= 11 is 7.33. The van der Waals surface area contributed by atoms with E-state index < -0.39 is 5.97 Å². The van der Waals surface area contributed by atoms with E-state index in [1.54, 1.807) is 26.0 Å². The number of ketones is 2. The average Bonchev–Trinajstić information content (AvgIpc) is 2.89. The van der Waals surface area contributed by atoms with Gasteiger partial charge < -0.3 is 9.72 Å². The van der Waals surface area contributed by atoms with Crippen LogP contribution in [-0.4, -0.2) is 34.9 Å². The topological polar surface area (TPSA) is 76.2 Å². The number of aromatic amines is 1. The van der Waals surface area contributed by atoms with Crippen molar-refractivity contribution in [3.05, 3.63) is 51.8 Å². The number of rotatable bonds is 8. The Morgan fingerprint density at radius 1 is 1.15 bits per heavy atom. The largest absolute Gasteiger partial charge is 0.457 e. The highest BCUT2D eigenvalue weighted by molar-refractivity contribution is 7.99. The van der Waals surface area contributed by atoms with E-state index in [1.165, 1.54) is 18.7 Å². The van der Waals surface area contributed by atoms with E-state index >= 15 is 0 Å². The highest BCUT2D eigenvalue weighted by atomic mass is 35.5. The Balaban J connectivity index is 1.82. The van der Waals surface area contributed by atoms with Gasteiger partial charge in [0.05, 0.1) is 12.1 Å². The molecule has 0 aliphatic heterocycles. The van der Waals surface area contributed by atoms with Crippen LogP contribution in [0.4, 0.5) is 0 Å². The molecule has 1 N–H and O–H groups in total. The number of hydrogen-bond donors (Lipinski definition) is 1. The quantitative estimate of drug-likeness (QED) is 0.408. The van der Waals surface area contributed by atoms with Gasteiger partial charge in [-0.1, -0.05) is 11.6 Å². The average molecular weight is 394 g/mol. The molecule has 0 saturated heterocycles. The third-order valence-corrected chi connectivity index (χ3v) is 5.09. The standard InChI is InChI=1S/C19H20ClNO4S/c1-11-18(13(3)22)12(2)21-19(11)16(23)10-25-17(24)8-9-26-15-6-4-14(20)5-7-15/h4-7,21H,8-10H2,1-3H3. The first-order valence-electron chi connectivity index (χ1n) is 8.07. The van der Waals surface area contributed by atoms with Gasteiger partial charge in [0.2, 0.25) is 5.78 Å². The molecule has 0 radical (unpaired) electrons. The van der Waals surface area contributed by atoms with Crippen LogP contribution in [0, 0.1) is 13.8 Å². The lowest BCUT2D eigenvalue weighted by molar-refractivity contribution is -0.141. The van der Waals surface area contributed by atoms with E-state index in [0.717, 1.165) is 4.90 Å². The van der Waals surface area contributed by atoms with E-state index in [2.05, 4.69) is 4.98 Å². The normalized spacial score (nSPS) is 10.6. The zero-order valence-corrected chi connectivity index (χ0v) is 16.4. The number of H-pyrrole nitrogens is 1. The fourth-order valence-corrected chi connectivity index (χ4v) is 3.59. The summed E-state index contributed by atoms with van der Waals surface area (Å²) in [5.74, 6) is -0.347. The molecule has 0 aliphatic carbocycles. The smallest absolute Gasteiger partial charge is 0.307 e. The molecule has 7 heteroatoms. The summed E-state index contributed by atoms with van der Waals surface area (Å²) in [7, 11) is 0. The summed E-state index contributed by atoms with van der Waals surface area (Å²) in [6.45, 7) is 4.55. The third-order valence-electron chi connectivity index (χ3n) is 3.82. The SMILES string of the molecule is CC(=O)c1c(C)[nH]c(C(=O)COC(=O)CCSc2ccc(Cl)cc2)c1C. The minimum Gasteiger partial charge on any atom is -0.457 e. The minimum atomic E-state index is -0.437. The molecule has 0 unspecified atom stereocenters. The Morgan fingerprint density at radius 3 is 2.38 bits per heavy atom. The van der Waals surface area contributed by atoms with Gasteiger partial charge in [0.15, 0.2) is 12.4 Å². The second-order valence-corrected chi connectivity index (χ2v) is 7.42. The second-order valence-electron chi connectivity index (χ2n) is 5.82. The molecule has 1 aromatic heterocycles. The molecule has 0 saturated carbocycles. The van der Waals surface area contributed by atoms with E-state index in [0.29, 0.717) is 33.3 Å². The molecule has 1 heterocycles. The highest BCUT2D eigenvalue weighted by Gasteiger charge is 2.20. The molecule has 0 fully saturated rings. The van der Waals surface area contributed by atoms with E-state index in [1.807, 2.05) is 12.1 Å². The third kappa shape index (κ3) is 5.22. The molecule has 0 spiro atoms. The summed E-state index contributed by atoms with van der Waals surface area (Å²) in [6.07, 6.45) is 0.196. The van der Waals surface area contributed by atoms with Crippen molar-refractivity contribution in [2.45, 2.75) is 32.1 Å². The van der Waals surface area contributed by atoms with E-state index in [4.69, 9.17) is 16.3 Å². The van der Waals surface area contributed by atoms with Gasteiger partial charge in [-0.3, -0.25) is 14.4 Å². The predicted octanol–water partition coefficient (Wildman–Crippen LogP) is 4.40. The molecule has 5 nitrogen and oxygen atoms in total. The van der Waals surface area contributed by atoms with Crippen LogP contribution < -0.4 is 0 Å². The molecule has 2 aromatic rings. The Morgan fingerprint density at radius 2 is 1.81 bits per heavy atom. The van der Waals surface area contributed by atoms with Crippen LogP contribution in [0.5, 0.6) is 0 Å². The second kappa shape index (κ2) is 9.05. The molecule has 1 aromatic carbocycles. The summed E-state index contributed by atoms with van der Waals surface area (Å²) in [5, 5.41) is 0.662.